The average Bonchev–Trinajstić information content (AvgIpc) is 3.82. The van der Waals surface area contributed by atoms with Crippen molar-refractivity contribution in [3.05, 3.63) is 186 Å². The number of hydrogen-bond acceptors (Lipinski definition) is 0. The van der Waals surface area contributed by atoms with Crippen LogP contribution in [-0.2, 0) is 41.5 Å². The normalized spacial score (nSPS) is 11.4. The van der Waals surface area contributed by atoms with E-state index in [1.54, 1.807) is 0 Å². The van der Waals surface area contributed by atoms with Crippen molar-refractivity contribution in [3.8, 4) is 33.4 Å². The molecule has 0 N–H and O–H groups in total. The van der Waals surface area contributed by atoms with Gasteiger partial charge in [-0.1, -0.05) is 131 Å². The Bertz CT molecular complexity index is 2080. The summed E-state index contributed by atoms with van der Waals surface area (Å²) in [5, 5.41) is 2.65. The number of benzene rings is 6. The van der Waals surface area contributed by atoms with Crippen molar-refractivity contribution in [1.82, 2.24) is 0 Å². The molecule has 1 aliphatic rings. The molecule has 0 aromatic heterocycles. The van der Waals surface area contributed by atoms with Crippen molar-refractivity contribution in [3.63, 3.8) is 0 Å². The third kappa shape index (κ3) is 9.62. The maximum atomic E-state index is 3.88. The predicted molar refractivity (Wildman–Crippen MR) is 213 cm³/mol. The van der Waals surface area contributed by atoms with E-state index >= 15 is 0 Å². The summed E-state index contributed by atoms with van der Waals surface area (Å²) in [6.45, 7) is 13.9. The molecule has 52 heavy (non-hydrogen) atoms. The van der Waals surface area contributed by atoms with Gasteiger partial charge in [0.25, 0.3) is 0 Å². The van der Waals surface area contributed by atoms with Crippen molar-refractivity contribution >= 4 is 14.5 Å². The van der Waals surface area contributed by atoms with Gasteiger partial charge in [-0.3, -0.25) is 0 Å². The summed E-state index contributed by atoms with van der Waals surface area (Å²) in [6, 6.07) is 57.8. The monoisotopic (exact) mass is 794 g/mol. The van der Waals surface area contributed by atoms with Crippen LogP contribution in [0.3, 0.4) is 0 Å². The van der Waals surface area contributed by atoms with Crippen LogP contribution in [0.2, 0.25) is 0 Å². The predicted octanol–water partition coefficient (Wildman–Crippen LogP) is 6.94. The Morgan fingerprint density at radius 2 is 1.12 bits per heavy atom. The van der Waals surface area contributed by atoms with Gasteiger partial charge in [0, 0.05) is 0 Å². The molecule has 262 valence electrons. The molecule has 3 heteroatoms. The molecule has 7 aromatic rings. The second kappa shape index (κ2) is 17.9. The molecule has 0 aliphatic heterocycles. The van der Waals surface area contributed by atoms with Crippen LogP contribution >= 0.6 is 0 Å². The van der Waals surface area contributed by atoms with E-state index in [0.29, 0.717) is 0 Å². The molecule has 1 aliphatic carbocycles. The summed E-state index contributed by atoms with van der Waals surface area (Å²) < 4.78 is 2.21. The molecule has 0 radical (unpaired) electrons. The zero-order chi connectivity index (χ0) is 35.3. The van der Waals surface area contributed by atoms with E-state index in [-0.39, 0.29) is 35.6 Å². The molecule has 0 atom stereocenters. The van der Waals surface area contributed by atoms with Crippen LogP contribution in [0.1, 0.15) is 69.4 Å². The van der Waals surface area contributed by atoms with Gasteiger partial charge in [0.1, 0.15) is 0 Å². The van der Waals surface area contributed by atoms with Crippen molar-refractivity contribution in [2.75, 3.05) is 0 Å². The fraction of sp³-hybridized carbons (Fsp3) is 0.184. The first-order valence-electron chi connectivity index (χ1n) is 17.6. The topological polar surface area (TPSA) is 0 Å². The van der Waals surface area contributed by atoms with Crippen LogP contribution in [-0.4, -0.2) is 3.71 Å². The molecular formula is C49H46Cl2Zr-2. The molecule has 0 heterocycles. The van der Waals surface area contributed by atoms with Crippen molar-refractivity contribution < 1.29 is 49.0 Å². The number of rotatable bonds is 3. The third-order valence-corrected chi connectivity index (χ3v) is 10.1. The van der Waals surface area contributed by atoms with Crippen LogP contribution < -0.4 is 24.8 Å². The van der Waals surface area contributed by atoms with Gasteiger partial charge < -0.3 is 24.8 Å². The Labute approximate surface area is 338 Å². The van der Waals surface area contributed by atoms with E-state index in [1.165, 1.54) is 96.2 Å². The van der Waals surface area contributed by atoms with Gasteiger partial charge >= 0.3 is 86.7 Å². The zero-order valence-electron chi connectivity index (χ0n) is 31.0. The van der Waals surface area contributed by atoms with E-state index in [2.05, 4.69) is 173 Å². The van der Waals surface area contributed by atoms with Gasteiger partial charge in [0.15, 0.2) is 0 Å². The van der Waals surface area contributed by atoms with Gasteiger partial charge in [-0.05, 0) is 39.5 Å². The number of fused-ring (bicyclic) bond motifs is 4. The molecule has 0 unspecified atom stereocenters. The Kier molecular flexibility index (Phi) is 14.1. The van der Waals surface area contributed by atoms with Crippen molar-refractivity contribution in [2.24, 2.45) is 0 Å². The quantitative estimate of drug-likeness (QED) is 0.170. The second-order valence-corrected chi connectivity index (χ2v) is 15.8. The molecule has 8 rings (SSSR count). The Morgan fingerprint density at radius 1 is 0.558 bits per heavy atom. The Hall–Kier alpha value is -3.74. The van der Waals surface area contributed by atoms with E-state index < -0.39 is 0 Å². The molecule has 0 saturated heterocycles. The minimum absolute atomic E-state index is 0. The molecule has 0 bridgehead atoms. The van der Waals surface area contributed by atoms with Crippen LogP contribution in [0, 0.1) is 6.07 Å². The molecule has 7 aromatic carbocycles. The van der Waals surface area contributed by atoms with Gasteiger partial charge in [0.2, 0.25) is 0 Å². The van der Waals surface area contributed by atoms with E-state index in [0.717, 1.165) is 6.42 Å². The zero-order valence-corrected chi connectivity index (χ0v) is 34.9. The third-order valence-electron chi connectivity index (χ3n) is 9.32. The Balaban J connectivity index is 0.000000262. The summed E-state index contributed by atoms with van der Waals surface area (Å²) in [5.74, 6) is 0. The fourth-order valence-electron chi connectivity index (χ4n) is 6.72. The standard InChI is InChI=1S/C33H33.C11H8.C5H5.2ClH.Zr/c1-32(2,3)30-20-26-24(18-28(30)22-13-9-7-10-14-22)17-25-19-29(23-15-11-8-12-16-23)31(21-27(25)26)33(4,5)6;1-9-6-7-10-4-2-3-5-11(10)8-9;1-2-4-5-3-1;;;/h7-16,18,20-21H,17H2,1-6H3;1-8H;1-5H;2*1H;/q-1;;-1;;;+2/p-2. The number of hydrogen-bond donors (Lipinski definition) is 0. The first kappa shape index (κ1) is 41.0. The van der Waals surface area contributed by atoms with Crippen LogP contribution in [0.4, 0.5) is 0 Å². The van der Waals surface area contributed by atoms with Crippen LogP contribution in [0.25, 0.3) is 44.2 Å². The summed E-state index contributed by atoms with van der Waals surface area (Å²) in [6.07, 6.45) is 0.944. The molecule has 0 spiro atoms. The largest absolute Gasteiger partial charge is 0.214 e. The summed E-state index contributed by atoms with van der Waals surface area (Å²) in [4.78, 5) is 0. The molecule has 0 fully saturated rings. The summed E-state index contributed by atoms with van der Waals surface area (Å²) in [5.41, 5.74) is 14.8. The average molecular weight is 797 g/mol. The SMILES string of the molecule is CC(C)(C)c1cc2c([c-]c1-c1ccccc1)Cc1cc(-c3ccccc3)c(C(C)(C)C)cc1-2.[Cl-].[Cl-].[Zr+2]=[CH]c1ccc2ccccc2c1.c1cc[cH-]c1. The molecule has 0 nitrogen and oxygen atoms in total. The fourth-order valence-corrected chi connectivity index (χ4v) is 7.16. The van der Waals surface area contributed by atoms with Gasteiger partial charge in [-0.25, -0.2) is 12.1 Å². The van der Waals surface area contributed by atoms with E-state index in [9.17, 15) is 0 Å². The first-order valence-corrected chi connectivity index (χ1v) is 19.0. The maximum absolute atomic E-state index is 3.88. The molecule has 0 saturated carbocycles. The second-order valence-electron chi connectivity index (χ2n) is 15.1. The van der Waals surface area contributed by atoms with Gasteiger partial charge in [-0.2, -0.15) is 18.2 Å². The smallest absolute Gasteiger partial charge is 0.172 e. The van der Waals surface area contributed by atoms with Gasteiger partial charge in [0.05, 0.1) is 0 Å². The minimum atomic E-state index is 0. The van der Waals surface area contributed by atoms with Crippen molar-refractivity contribution in [2.45, 2.75) is 58.8 Å². The maximum Gasteiger partial charge on any atom is -0.172 e. The number of halogens is 2. The van der Waals surface area contributed by atoms with Crippen molar-refractivity contribution in [1.29, 1.82) is 0 Å². The van der Waals surface area contributed by atoms with Crippen LogP contribution in [0.15, 0.2) is 152 Å². The first-order chi connectivity index (χ1) is 24.0. The molecular weight excluding hydrogens is 751 g/mol. The summed E-state index contributed by atoms with van der Waals surface area (Å²) in [7, 11) is 0. The van der Waals surface area contributed by atoms with Gasteiger partial charge in [-0.15, -0.1) is 28.8 Å². The van der Waals surface area contributed by atoms with E-state index in [4.69, 9.17) is 0 Å². The molecule has 0 amide bonds. The van der Waals surface area contributed by atoms with E-state index in [1.807, 2.05) is 30.3 Å². The Morgan fingerprint density at radius 3 is 1.67 bits per heavy atom. The minimum Gasteiger partial charge on any atom is -0.214 e. The summed E-state index contributed by atoms with van der Waals surface area (Å²) >= 11 is 1.46. The van der Waals surface area contributed by atoms with Crippen LogP contribution in [0.5, 0.6) is 0 Å².